The Morgan fingerprint density at radius 3 is 2.36 bits per heavy atom. The number of rotatable bonds is 2. The summed E-state index contributed by atoms with van der Waals surface area (Å²) in [4.78, 5) is 0. The fourth-order valence-electron chi connectivity index (χ4n) is 2.53. The van der Waals surface area contributed by atoms with Crippen LogP contribution in [0.3, 0.4) is 0 Å². The van der Waals surface area contributed by atoms with Gasteiger partial charge in [-0.2, -0.15) is 5.10 Å². The molecule has 0 saturated carbocycles. The molecule has 118 valence electrons. The van der Waals surface area contributed by atoms with Gasteiger partial charge in [0.05, 0.1) is 18.9 Å². The van der Waals surface area contributed by atoms with E-state index < -0.39 is 5.67 Å². The molecule has 0 unspecified atom stereocenters. The standard InChI is InChI=1S/C16H20FN3O2/c1-16(2,17)11-8-14-13(21-5-4-6-22-14)7-10(11)12-9-15(18)20(3)19-12/h7-9H,4-6,18H2,1-3H3. The van der Waals surface area contributed by atoms with Gasteiger partial charge in [-0.15, -0.1) is 0 Å². The van der Waals surface area contributed by atoms with Gasteiger partial charge in [0.25, 0.3) is 0 Å². The molecule has 6 heteroatoms. The van der Waals surface area contributed by atoms with Crippen molar-refractivity contribution in [2.75, 3.05) is 18.9 Å². The minimum atomic E-state index is -1.54. The highest BCUT2D eigenvalue weighted by Gasteiger charge is 2.27. The van der Waals surface area contributed by atoms with Gasteiger partial charge in [0.2, 0.25) is 0 Å². The van der Waals surface area contributed by atoms with Crippen molar-refractivity contribution in [1.82, 2.24) is 9.78 Å². The summed E-state index contributed by atoms with van der Waals surface area (Å²) < 4.78 is 27.6. The van der Waals surface area contributed by atoms with E-state index >= 15 is 0 Å². The van der Waals surface area contributed by atoms with E-state index in [1.54, 1.807) is 29.9 Å². The van der Waals surface area contributed by atoms with E-state index in [9.17, 15) is 4.39 Å². The van der Waals surface area contributed by atoms with Crippen molar-refractivity contribution >= 4 is 5.82 Å². The monoisotopic (exact) mass is 305 g/mol. The molecule has 0 radical (unpaired) electrons. The fraction of sp³-hybridized carbons (Fsp3) is 0.438. The second-order valence-corrected chi connectivity index (χ2v) is 5.95. The summed E-state index contributed by atoms with van der Waals surface area (Å²) in [5.41, 5.74) is 6.12. The first kappa shape index (κ1) is 14.7. The van der Waals surface area contributed by atoms with Gasteiger partial charge in [0, 0.05) is 30.7 Å². The zero-order valence-corrected chi connectivity index (χ0v) is 13.0. The van der Waals surface area contributed by atoms with Crippen LogP contribution in [0.25, 0.3) is 11.3 Å². The van der Waals surface area contributed by atoms with Gasteiger partial charge in [-0.05, 0) is 26.0 Å². The predicted octanol–water partition coefficient (Wildman–Crippen LogP) is 3.04. The molecule has 22 heavy (non-hydrogen) atoms. The molecule has 2 heterocycles. The van der Waals surface area contributed by atoms with Crippen molar-refractivity contribution in [3.63, 3.8) is 0 Å². The second-order valence-electron chi connectivity index (χ2n) is 5.95. The number of hydrogen-bond donors (Lipinski definition) is 1. The molecule has 0 atom stereocenters. The molecule has 3 rings (SSSR count). The minimum Gasteiger partial charge on any atom is -0.490 e. The van der Waals surface area contributed by atoms with E-state index in [0.717, 1.165) is 6.42 Å². The van der Waals surface area contributed by atoms with Crippen molar-refractivity contribution in [2.24, 2.45) is 7.05 Å². The highest BCUT2D eigenvalue weighted by molar-refractivity contribution is 5.71. The van der Waals surface area contributed by atoms with Crippen LogP contribution in [0, 0.1) is 0 Å². The Bertz CT molecular complexity index is 685. The largest absolute Gasteiger partial charge is 0.490 e. The molecule has 1 aromatic heterocycles. The second kappa shape index (κ2) is 5.19. The molecule has 5 nitrogen and oxygen atoms in total. The van der Waals surface area contributed by atoms with Crippen molar-refractivity contribution < 1.29 is 13.9 Å². The fourth-order valence-corrected chi connectivity index (χ4v) is 2.53. The molecule has 2 aromatic rings. The number of hydrogen-bond acceptors (Lipinski definition) is 4. The van der Waals surface area contributed by atoms with Gasteiger partial charge in [-0.25, -0.2) is 4.39 Å². The number of nitrogens with two attached hydrogens (primary N) is 1. The minimum absolute atomic E-state index is 0.509. The average Bonchev–Trinajstić information content (AvgIpc) is 2.65. The van der Waals surface area contributed by atoms with Crippen LogP contribution >= 0.6 is 0 Å². The summed E-state index contributed by atoms with van der Waals surface area (Å²) in [6.07, 6.45) is 0.800. The lowest BCUT2D eigenvalue weighted by Gasteiger charge is -2.20. The predicted molar refractivity (Wildman–Crippen MR) is 82.8 cm³/mol. The van der Waals surface area contributed by atoms with E-state index in [1.165, 1.54) is 13.8 Å². The normalized spacial score (nSPS) is 14.7. The van der Waals surface area contributed by atoms with Crippen LogP contribution in [0.15, 0.2) is 18.2 Å². The van der Waals surface area contributed by atoms with Gasteiger partial charge in [0.1, 0.15) is 11.5 Å². The van der Waals surface area contributed by atoms with Gasteiger partial charge in [0.15, 0.2) is 11.5 Å². The van der Waals surface area contributed by atoms with Gasteiger partial charge >= 0.3 is 0 Å². The molecule has 1 aromatic carbocycles. The molecule has 0 aliphatic carbocycles. The first-order chi connectivity index (χ1) is 10.4. The third-order valence-corrected chi connectivity index (χ3v) is 3.72. The number of anilines is 1. The molecule has 0 saturated heterocycles. The summed E-state index contributed by atoms with van der Waals surface area (Å²) in [6.45, 7) is 4.17. The van der Waals surface area contributed by atoms with Gasteiger partial charge in [-0.3, -0.25) is 4.68 Å². The smallest absolute Gasteiger partial charge is 0.161 e. The van der Waals surface area contributed by atoms with Gasteiger partial charge in [-0.1, -0.05) is 0 Å². The van der Waals surface area contributed by atoms with Crippen LogP contribution in [-0.4, -0.2) is 23.0 Å². The number of nitrogen functional groups attached to an aromatic ring is 1. The Morgan fingerprint density at radius 1 is 1.18 bits per heavy atom. The van der Waals surface area contributed by atoms with Crippen LogP contribution in [0.1, 0.15) is 25.8 Å². The van der Waals surface area contributed by atoms with E-state index in [2.05, 4.69) is 5.10 Å². The summed E-state index contributed by atoms with van der Waals surface area (Å²) in [5, 5.41) is 4.36. The number of benzene rings is 1. The lowest BCUT2D eigenvalue weighted by Crippen LogP contribution is -2.12. The van der Waals surface area contributed by atoms with E-state index in [4.69, 9.17) is 15.2 Å². The summed E-state index contributed by atoms with van der Waals surface area (Å²) in [7, 11) is 1.75. The lowest BCUT2D eigenvalue weighted by atomic mass is 9.92. The van der Waals surface area contributed by atoms with E-state index in [-0.39, 0.29) is 0 Å². The molecule has 1 aliphatic heterocycles. The summed E-state index contributed by atoms with van der Waals surface area (Å²) in [5.74, 6) is 1.71. The van der Waals surface area contributed by atoms with Crippen molar-refractivity contribution in [3.8, 4) is 22.8 Å². The Labute approximate surface area is 128 Å². The number of ether oxygens (including phenoxy) is 2. The molecular weight excluding hydrogens is 285 g/mol. The quantitative estimate of drug-likeness (QED) is 0.926. The zero-order valence-electron chi connectivity index (χ0n) is 13.0. The van der Waals surface area contributed by atoms with Crippen LogP contribution in [0.4, 0.5) is 10.2 Å². The maximum Gasteiger partial charge on any atom is 0.161 e. The third kappa shape index (κ3) is 2.61. The molecule has 0 amide bonds. The first-order valence-corrected chi connectivity index (χ1v) is 7.29. The molecule has 1 aliphatic rings. The number of halogens is 1. The van der Waals surface area contributed by atoms with Crippen LogP contribution in [0.2, 0.25) is 0 Å². The Hall–Kier alpha value is -2.24. The van der Waals surface area contributed by atoms with Crippen LogP contribution in [-0.2, 0) is 12.7 Å². The average molecular weight is 305 g/mol. The maximum atomic E-state index is 14.7. The number of nitrogens with zero attached hydrogens (tertiary/aromatic N) is 2. The van der Waals surface area contributed by atoms with Crippen LogP contribution < -0.4 is 15.2 Å². The first-order valence-electron chi connectivity index (χ1n) is 7.29. The molecular formula is C16H20FN3O2. The molecule has 0 fully saturated rings. The lowest BCUT2D eigenvalue weighted by molar-refractivity contribution is 0.221. The molecule has 2 N–H and O–H groups in total. The topological polar surface area (TPSA) is 62.3 Å². The SMILES string of the molecule is Cn1nc(-c2cc3c(cc2C(C)(C)F)OCCCO3)cc1N. The Balaban J connectivity index is 2.20. The highest BCUT2D eigenvalue weighted by atomic mass is 19.1. The Kier molecular flexibility index (Phi) is 3.47. The third-order valence-electron chi connectivity index (χ3n) is 3.72. The highest BCUT2D eigenvalue weighted by Crippen LogP contribution is 2.42. The summed E-state index contributed by atoms with van der Waals surface area (Å²) in [6, 6.07) is 5.23. The summed E-state index contributed by atoms with van der Waals surface area (Å²) >= 11 is 0. The van der Waals surface area contributed by atoms with Gasteiger partial charge < -0.3 is 15.2 Å². The number of alkyl halides is 1. The number of fused-ring (bicyclic) bond motifs is 1. The van der Waals surface area contributed by atoms with Crippen molar-refractivity contribution in [3.05, 3.63) is 23.8 Å². The Morgan fingerprint density at radius 2 is 1.82 bits per heavy atom. The zero-order chi connectivity index (χ0) is 15.9. The molecule has 0 bridgehead atoms. The van der Waals surface area contributed by atoms with Crippen molar-refractivity contribution in [2.45, 2.75) is 25.9 Å². The molecule has 0 spiro atoms. The maximum absolute atomic E-state index is 14.7. The van der Waals surface area contributed by atoms with E-state index in [0.29, 0.717) is 47.4 Å². The van der Waals surface area contributed by atoms with E-state index in [1.807, 2.05) is 0 Å². The number of aryl methyl sites for hydroxylation is 1. The van der Waals surface area contributed by atoms with Crippen LogP contribution in [0.5, 0.6) is 11.5 Å². The van der Waals surface area contributed by atoms with Crippen molar-refractivity contribution in [1.29, 1.82) is 0 Å². The number of aromatic nitrogens is 2.